The molecule has 1 N–H and O–H groups in total. The molecule has 0 bridgehead atoms. The smallest absolute Gasteiger partial charge is 0.334 e. The van der Waals surface area contributed by atoms with Gasteiger partial charge in [-0.3, -0.25) is 4.90 Å². The fourth-order valence-corrected chi connectivity index (χ4v) is 2.88. The van der Waals surface area contributed by atoms with Crippen LogP contribution in [-0.4, -0.2) is 48.3 Å². The molecule has 0 aromatic heterocycles. The van der Waals surface area contributed by atoms with E-state index in [0.717, 1.165) is 13.1 Å². The fourth-order valence-electron chi connectivity index (χ4n) is 2.88. The molecule has 0 aromatic rings. The van der Waals surface area contributed by atoms with Crippen LogP contribution in [0.3, 0.4) is 0 Å². The summed E-state index contributed by atoms with van der Waals surface area (Å²) in [7, 11) is 0. The lowest BCUT2D eigenvalue weighted by Crippen LogP contribution is -2.46. The summed E-state index contributed by atoms with van der Waals surface area (Å²) in [4.78, 5) is 13.1. The molecular formula is C17H33NO3. The molecule has 21 heavy (non-hydrogen) atoms. The van der Waals surface area contributed by atoms with E-state index in [9.17, 15) is 4.79 Å². The van der Waals surface area contributed by atoms with E-state index in [4.69, 9.17) is 9.84 Å². The maximum absolute atomic E-state index is 10.9. The predicted molar refractivity (Wildman–Crippen MR) is 85.7 cm³/mol. The van der Waals surface area contributed by atoms with Gasteiger partial charge in [-0.05, 0) is 13.0 Å². The molecule has 0 saturated carbocycles. The largest absolute Gasteiger partial charge is 0.479 e. The number of morpholine rings is 1. The molecular weight excluding hydrogens is 266 g/mol. The van der Waals surface area contributed by atoms with Crippen LogP contribution in [0.15, 0.2) is 0 Å². The Morgan fingerprint density at radius 2 is 1.62 bits per heavy atom. The van der Waals surface area contributed by atoms with E-state index in [1.165, 1.54) is 64.2 Å². The molecule has 1 atom stereocenters. The van der Waals surface area contributed by atoms with Gasteiger partial charge in [-0.2, -0.15) is 0 Å². The summed E-state index contributed by atoms with van der Waals surface area (Å²) in [6.07, 6.45) is 12.8. The van der Waals surface area contributed by atoms with E-state index in [2.05, 4.69) is 11.8 Å². The summed E-state index contributed by atoms with van der Waals surface area (Å²) in [5.41, 5.74) is 0. The number of aliphatic carboxylic acids is 1. The third-order valence-electron chi connectivity index (χ3n) is 4.25. The summed E-state index contributed by atoms with van der Waals surface area (Å²) < 4.78 is 5.23. The van der Waals surface area contributed by atoms with Gasteiger partial charge in [0.05, 0.1) is 6.61 Å². The van der Waals surface area contributed by atoms with Gasteiger partial charge in [-0.1, -0.05) is 64.7 Å². The zero-order valence-electron chi connectivity index (χ0n) is 13.7. The van der Waals surface area contributed by atoms with Crippen molar-refractivity contribution in [2.75, 3.05) is 26.2 Å². The van der Waals surface area contributed by atoms with Gasteiger partial charge in [0.25, 0.3) is 0 Å². The van der Waals surface area contributed by atoms with Crippen molar-refractivity contribution in [3.63, 3.8) is 0 Å². The maximum Gasteiger partial charge on any atom is 0.334 e. The number of carboxylic acid groups (broad SMARTS) is 1. The maximum atomic E-state index is 10.9. The van der Waals surface area contributed by atoms with Crippen LogP contribution in [0, 0.1) is 0 Å². The second-order valence-corrected chi connectivity index (χ2v) is 6.18. The van der Waals surface area contributed by atoms with Gasteiger partial charge in [0.15, 0.2) is 6.10 Å². The topological polar surface area (TPSA) is 49.8 Å². The molecule has 1 heterocycles. The molecule has 1 unspecified atom stereocenters. The van der Waals surface area contributed by atoms with Crippen LogP contribution in [0.1, 0.15) is 71.1 Å². The minimum absolute atomic E-state index is 0.548. The van der Waals surface area contributed by atoms with E-state index in [1.807, 2.05) is 0 Å². The first-order valence-electron chi connectivity index (χ1n) is 8.80. The summed E-state index contributed by atoms with van der Waals surface area (Å²) in [5, 5.41) is 8.95. The van der Waals surface area contributed by atoms with Crippen LogP contribution >= 0.6 is 0 Å². The molecule has 1 fully saturated rings. The van der Waals surface area contributed by atoms with Gasteiger partial charge in [0.2, 0.25) is 0 Å². The number of hydrogen-bond donors (Lipinski definition) is 1. The number of nitrogens with zero attached hydrogens (tertiary/aromatic N) is 1. The Balaban J connectivity index is 1.89. The number of ether oxygens (including phenoxy) is 1. The minimum atomic E-state index is -0.831. The highest BCUT2D eigenvalue weighted by Crippen LogP contribution is 2.12. The second-order valence-electron chi connectivity index (χ2n) is 6.18. The summed E-state index contributed by atoms with van der Waals surface area (Å²) >= 11 is 0. The van der Waals surface area contributed by atoms with E-state index in [-0.39, 0.29) is 0 Å². The van der Waals surface area contributed by atoms with Gasteiger partial charge in [-0.25, -0.2) is 4.79 Å². The number of hydrogen-bond acceptors (Lipinski definition) is 3. The molecule has 1 saturated heterocycles. The predicted octanol–water partition coefficient (Wildman–Crippen LogP) is 3.69. The Labute approximate surface area is 129 Å². The lowest BCUT2D eigenvalue weighted by atomic mass is 10.1. The van der Waals surface area contributed by atoms with Crippen LogP contribution in [0.4, 0.5) is 0 Å². The summed E-state index contributed by atoms with van der Waals surface area (Å²) in [5.74, 6) is -0.831. The molecule has 1 aliphatic heterocycles. The first-order chi connectivity index (χ1) is 10.2. The summed E-state index contributed by atoms with van der Waals surface area (Å²) in [6.45, 7) is 5.25. The highest BCUT2D eigenvalue weighted by Gasteiger charge is 2.25. The van der Waals surface area contributed by atoms with E-state index in [0.29, 0.717) is 13.2 Å². The molecule has 0 radical (unpaired) electrons. The fraction of sp³-hybridized carbons (Fsp3) is 0.941. The Morgan fingerprint density at radius 3 is 2.19 bits per heavy atom. The molecule has 0 aliphatic carbocycles. The van der Waals surface area contributed by atoms with E-state index < -0.39 is 12.1 Å². The zero-order valence-corrected chi connectivity index (χ0v) is 13.7. The lowest BCUT2D eigenvalue weighted by Gasteiger charge is -2.30. The second kappa shape index (κ2) is 12.0. The average Bonchev–Trinajstić information content (AvgIpc) is 2.49. The van der Waals surface area contributed by atoms with Crippen LogP contribution < -0.4 is 0 Å². The SMILES string of the molecule is CCCCCCCCCCCCN1CCOC(C(=O)O)C1. The number of unbranched alkanes of at least 4 members (excludes halogenated alkanes) is 9. The van der Waals surface area contributed by atoms with Crippen LogP contribution in [0.5, 0.6) is 0 Å². The normalized spacial score (nSPS) is 19.8. The van der Waals surface area contributed by atoms with Gasteiger partial charge in [-0.15, -0.1) is 0 Å². The monoisotopic (exact) mass is 299 g/mol. The number of carbonyl (C=O) groups is 1. The molecule has 1 rings (SSSR count). The Kier molecular flexibility index (Phi) is 10.5. The van der Waals surface area contributed by atoms with Crippen molar-refractivity contribution in [1.29, 1.82) is 0 Å². The van der Waals surface area contributed by atoms with Gasteiger partial charge in [0.1, 0.15) is 0 Å². The number of rotatable bonds is 12. The van der Waals surface area contributed by atoms with Crippen molar-refractivity contribution in [2.45, 2.75) is 77.2 Å². The highest BCUT2D eigenvalue weighted by atomic mass is 16.5. The Morgan fingerprint density at radius 1 is 1.05 bits per heavy atom. The van der Waals surface area contributed by atoms with Crippen molar-refractivity contribution in [3.8, 4) is 0 Å². The first-order valence-corrected chi connectivity index (χ1v) is 8.80. The van der Waals surface area contributed by atoms with Crippen molar-refractivity contribution in [1.82, 2.24) is 4.90 Å². The van der Waals surface area contributed by atoms with Gasteiger partial charge >= 0.3 is 5.97 Å². The molecule has 1 aliphatic rings. The molecule has 4 heteroatoms. The molecule has 0 aromatic carbocycles. The minimum Gasteiger partial charge on any atom is -0.479 e. The van der Waals surface area contributed by atoms with Crippen LogP contribution in [0.25, 0.3) is 0 Å². The van der Waals surface area contributed by atoms with Gasteiger partial charge < -0.3 is 9.84 Å². The molecule has 124 valence electrons. The zero-order chi connectivity index (χ0) is 15.3. The molecule has 0 spiro atoms. The third kappa shape index (κ3) is 9.10. The first kappa shape index (κ1) is 18.4. The quantitative estimate of drug-likeness (QED) is 0.558. The third-order valence-corrected chi connectivity index (χ3v) is 4.25. The Bertz CT molecular complexity index is 271. The van der Waals surface area contributed by atoms with Crippen molar-refractivity contribution in [2.24, 2.45) is 0 Å². The summed E-state index contributed by atoms with van der Waals surface area (Å²) in [6, 6.07) is 0. The standard InChI is InChI=1S/C17H33NO3/c1-2-3-4-5-6-7-8-9-10-11-12-18-13-14-21-16(15-18)17(19)20/h16H,2-15H2,1H3,(H,19,20). The lowest BCUT2D eigenvalue weighted by molar-refractivity contribution is -0.156. The molecule has 0 amide bonds. The van der Waals surface area contributed by atoms with Crippen LogP contribution in [-0.2, 0) is 9.53 Å². The van der Waals surface area contributed by atoms with Crippen molar-refractivity contribution >= 4 is 5.97 Å². The van der Waals surface area contributed by atoms with E-state index >= 15 is 0 Å². The van der Waals surface area contributed by atoms with Crippen molar-refractivity contribution < 1.29 is 14.6 Å². The van der Waals surface area contributed by atoms with Crippen LogP contribution in [0.2, 0.25) is 0 Å². The van der Waals surface area contributed by atoms with Gasteiger partial charge in [0, 0.05) is 13.1 Å². The molecule has 4 nitrogen and oxygen atoms in total. The van der Waals surface area contributed by atoms with E-state index in [1.54, 1.807) is 0 Å². The number of carboxylic acids is 1. The highest BCUT2D eigenvalue weighted by molar-refractivity contribution is 5.72. The average molecular weight is 299 g/mol. The Hall–Kier alpha value is -0.610. The van der Waals surface area contributed by atoms with Crippen molar-refractivity contribution in [3.05, 3.63) is 0 Å².